The highest BCUT2D eigenvalue weighted by Gasteiger charge is 2.35. The molecule has 0 aromatic rings. The number of fused-ring (bicyclic) bond motifs is 2. The van der Waals surface area contributed by atoms with Crippen LogP contribution in [0.25, 0.3) is 0 Å². The highest BCUT2D eigenvalue weighted by Crippen LogP contribution is 2.38. The van der Waals surface area contributed by atoms with E-state index < -0.39 is 0 Å². The van der Waals surface area contributed by atoms with E-state index in [1.54, 1.807) is 0 Å². The average molecular weight is 335 g/mol. The topological polar surface area (TPSA) is 24.1 Å². The molecule has 2 N–H and O–H groups in total. The summed E-state index contributed by atoms with van der Waals surface area (Å²) < 4.78 is 0. The van der Waals surface area contributed by atoms with E-state index in [0.29, 0.717) is 12.1 Å². The van der Waals surface area contributed by atoms with Crippen molar-refractivity contribution in [2.24, 2.45) is 11.8 Å². The Morgan fingerprint density at radius 1 is 0.739 bits per heavy atom. The molecule has 3 aliphatic rings. The van der Waals surface area contributed by atoms with Gasteiger partial charge in [0.05, 0.1) is 0 Å². The van der Waals surface area contributed by atoms with Crippen molar-refractivity contribution >= 4 is 17.3 Å². The minimum Gasteiger partial charge on any atom is -0.360 e. The van der Waals surface area contributed by atoms with Gasteiger partial charge in [-0.15, -0.1) is 0 Å². The van der Waals surface area contributed by atoms with E-state index in [1.165, 1.54) is 83.5 Å². The lowest BCUT2D eigenvalue weighted by atomic mass is 9.98. The molecule has 23 heavy (non-hydrogen) atoms. The van der Waals surface area contributed by atoms with E-state index in [-0.39, 0.29) is 0 Å². The Hall–Kier alpha value is -0.570. The third kappa shape index (κ3) is 5.48. The fraction of sp³-hybridized carbons (Fsp3) is 0.850. The van der Waals surface area contributed by atoms with Crippen LogP contribution in [-0.4, -0.2) is 17.2 Å². The second-order valence-electron chi connectivity index (χ2n) is 7.96. The van der Waals surface area contributed by atoms with Crippen molar-refractivity contribution in [3.63, 3.8) is 0 Å². The molecule has 0 radical (unpaired) electrons. The normalized spacial score (nSPS) is 33.0. The fourth-order valence-electron chi connectivity index (χ4n) is 4.65. The molecule has 0 aliphatic heterocycles. The van der Waals surface area contributed by atoms with Crippen molar-refractivity contribution in [3.8, 4) is 0 Å². The van der Waals surface area contributed by atoms with Crippen LogP contribution in [0.5, 0.6) is 0 Å². The maximum atomic E-state index is 5.63. The molecule has 0 heterocycles. The summed E-state index contributed by atoms with van der Waals surface area (Å²) in [5.41, 5.74) is 0. The summed E-state index contributed by atoms with van der Waals surface area (Å²) in [6, 6.07) is 1.17. The first-order valence-electron chi connectivity index (χ1n) is 10.1. The van der Waals surface area contributed by atoms with E-state index in [9.17, 15) is 0 Å². The van der Waals surface area contributed by atoms with Crippen molar-refractivity contribution in [3.05, 3.63) is 12.2 Å². The van der Waals surface area contributed by atoms with Crippen molar-refractivity contribution < 1.29 is 0 Å². The zero-order valence-electron chi connectivity index (χ0n) is 14.6. The smallest absolute Gasteiger partial charge is 0.166 e. The van der Waals surface area contributed by atoms with E-state index in [4.69, 9.17) is 12.2 Å². The maximum absolute atomic E-state index is 5.63. The molecule has 0 aromatic heterocycles. The first kappa shape index (κ1) is 17.3. The van der Waals surface area contributed by atoms with Crippen LogP contribution in [0.15, 0.2) is 12.2 Å². The fourth-order valence-corrected chi connectivity index (χ4v) is 4.97. The van der Waals surface area contributed by atoms with Crippen LogP contribution < -0.4 is 10.6 Å². The molecular weight excluding hydrogens is 300 g/mol. The van der Waals surface area contributed by atoms with E-state index in [2.05, 4.69) is 22.8 Å². The van der Waals surface area contributed by atoms with Gasteiger partial charge in [0.25, 0.3) is 0 Å². The molecule has 0 aromatic carbocycles. The number of hydrogen-bond acceptors (Lipinski definition) is 1. The van der Waals surface area contributed by atoms with Gasteiger partial charge >= 0.3 is 0 Å². The minimum absolute atomic E-state index is 0.580. The molecule has 2 fully saturated rings. The number of nitrogens with one attached hydrogen (secondary N) is 2. The quantitative estimate of drug-likeness (QED) is 0.543. The number of allylic oxidation sites excluding steroid dienone is 1. The molecule has 0 spiro atoms. The van der Waals surface area contributed by atoms with Crippen LogP contribution in [0.2, 0.25) is 0 Å². The van der Waals surface area contributed by atoms with Crippen LogP contribution in [0, 0.1) is 11.8 Å². The van der Waals surface area contributed by atoms with Gasteiger partial charge in [-0.25, -0.2) is 0 Å². The van der Waals surface area contributed by atoms with E-state index in [0.717, 1.165) is 16.9 Å². The highest BCUT2D eigenvalue weighted by molar-refractivity contribution is 7.80. The first-order valence-corrected chi connectivity index (χ1v) is 10.5. The summed E-state index contributed by atoms with van der Waals surface area (Å²) in [4.78, 5) is 0. The van der Waals surface area contributed by atoms with Gasteiger partial charge in [0.15, 0.2) is 5.11 Å². The second kappa shape index (κ2) is 9.05. The maximum Gasteiger partial charge on any atom is 0.166 e. The van der Waals surface area contributed by atoms with Crippen LogP contribution >= 0.6 is 12.2 Å². The molecule has 0 amide bonds. The summed E-state index contributed by atoms with van der Waals surface area (Å²) in [6.07, 6.45) is 22.7. The molecular formula is C20H34N2S. The Morgan fingerprint density at radius 2 is 1.35 bits per heavy atom. The summed E-state index contributed by atoms with van der Waals surface area (Å²) in [5.74, 6) is 1.53. The SMILES string of the molecule is S=C(NC1CCCCCCCCCCC1)N[C@H]1C[C@H]2C=C[C@H]1C2. The van der Waals surface area contributed by atoms with Crippen LogP contribution in [0.1, 0.15) is 83.5 Å². The number of thiocarbonyl (C=S) groups is 1. The zero-order valence-corrected chi connectivity index (χ0v) is 15.4. The molecule has 0 unspecified atom stereocenters. The van der Waals surface area contributed by atoms with Crippen LogP contribution in [-0.2, 0) is 0 Å². The standard InChI is InChI=1S/C20H34N2S/c23-20(22-19-15-16-12-13-17(19)14-16)21-18-10-8-6-4-2-1-3-5-7-9-11-18/h12-13,16-19H,1-11,14-15H2,(H2,21,22,23)/t16-,17-,19-/m0/s1. The number of rotatable bonds is 2. The van der Waals surface area contributed by atoms with Crippen molar-refractivity contribution in [2.75, 3.05) is 0 Å². The van der Waals surface area contributed by atoms with Gasteiger partial charge in [-0.2, -0.15) is 0 Å². The van der Waals surface area contributed by atoms with Crippen LogP contribution in [0.3, 0.4) is 0 Å². The van der Waals surface area contributed by atoms with E-state index in [1.807, 2.05) is 0 Å². The van der Waals surface area contributed by atoms with E-state index >= 15 is 0 Å². The summed E-state index contributed by atoms with van der Waals surface area (Å²) in [5, 5.41) is 8.18. The van der Waals surface area contributed by atoms with Crippen LogP contribution in [0.4, 0.5) is 0 Å². The molecule has 3 atom stereocenters. The molecule has 130 valence electrons. The minimum atomic E-state index is 0.580. The molecule has 2 saturated carbocycles. The molecule has 2 bridgehead atoms. The Balaban J connectivity index is 1.41. The lowest BCUT2D eigenvalue weighted by molar-refractivity contribution is 0.436. The van der Waals surface area contributed by atoms with Gasteiger partial charge in [0.2, 0.25) is 0 Å². The predicted octanol–water partition coefficient (Wildman–Crippen LogP) is 5.09. The second-order valence-corrected chi connectivity index (χ2v) is 8.37. The van der Waals surface area contributed by atoms with Gasteiger partial charge in [0, 0.05) is 12.1 Å². The predicted molar refractivity (Wildman–Crippen MR) is 103 cm³/mol. The first-order chi connectivity index (χ1) is 11.3. The molecule has 2 nitrogen and oxygen atoms in total. The number of hydrogen-bond donors (Lipinski definition) is 2. The highest BCUT2D eigenvalue weighted by atomic mass is 32.1. The Kier molecular flexibility index (Phi) is 6.79. The molecule has 3 aliphatic carbocycles. The van der Waals surface area contributed by atoms with Gasteiger partial charge in [-0.3, -0.25) is 0 Å². The van der Waals surface area contributed by atoms with Gasteiger partial charge in [-0.05, 0) is 49.7 Å². The summed E-state index contributed by atoms with van der Waals surface area (Å²) >= 11 is 5.63. The van der Waals surface area contributed by atoms with Gasteiger partial charge in [-0.1, -0.05) is 69.9 Å². The zero-order chi connectivity index (χ0) is 15.9. The van der Waals surface area contributed by atoms with Crippen molar-refractivity contribution in [1.29, 1.82) is 0 Å². The van der Waals surface area contributed by atoms with Crippen molar-refractivity contribution in [2.45, 2.75) is 95.6 Å². The Bertz CT molecular complexity index is 394. The lowest BCUT2D eigenvalue weighted by Crippen LogP contribution is -2.47. The largest absolute Gasteiger partial charge is 0.360 e. The summed E-state index contributed by atoms with van der Waals surface area (Å²) in [7, 11) is 0. The average Bonchev–Trinajstić information content (AvgIpc) is 3.12. The third-order valence-electron chi connectivity index (χ3n) is 6.04. The van der Waals surface area contributed by atoms with Crippen molar-refractivity contribution in [1.82, 2.24) is 10.6 Å². The Labute approximate surface area is 147 Å². The Morgan fingerprint density at radius 3 is 1.87 bits per heavy atom. The third-order valence-corrected chi connectivity index (χ3v) is 6.27. The molecule has 0 saturated heterocycles. The molecule has 3 rings (SSSR count). The monoisotopic (exact) mass is 334 g/mol. The van der Waals surface area contributed by atoms with Gasteiger partial charge < -0.3 is 10.6 Å². The van der Waals surface area contributed by atoms with Gasteiger partial charge in [0.1, 0.15) is 0 Å². The molecule has 3 heteroatoms. The summed E-state index contributed by atoms with van der Waals surface area (Å²) in [6.45, 7) is 0. The lowest BCUT2D eigenvalue weighted by Gasteiger charge is -2.26.